The molecular formula is C26H29NO5. The number of fused-ring (bicyclic) bond motifs is 1. The smallest absolute Gasteiger partial charge is 0.231 e. The average Bonchev–Trinajstić information content (AvgIpc) is 3.27. The van der Waals surface area contributed by atoms with Crippen LogP contribution in [0.4, 0.5) is 0 Å². The van der Waals surface area contributed by atoms with Gasteiger partial charge in [0.05, 0.1) is 7.11 Å². The Morgan fingerprint density at radius 2 is 1.66 bits per heavy atom. The maximum absolute atomic E-state index is 10.7. The van der Waals surface area contributed by atoms with Gasteiger partial charge in [-0.1, -0.05) is 36.4 Å². The lowest BCUT2D eigenvalue weighted by molar-refractivity contribution is 0.0626. The monoisotopic (exact) mass is 435 g/mol. The molecule has 1 unspecified atom stereocenters. The van der Waals surface area contributed by atoms with Gasteiger partial charge in [0.1, 0.15) is 24.2 Å². The Labute approximate surface area is 188 Å². The molecule has 0 bridgehead atoms. The summed E-state index contributed by atoms with van der Waals surface area (Å²) in [6.07, 6.45) is -0.637. The van der Waals surface area contributed by atoms with Crippen LogP contribution in [0.2, 0.25) is 0 Å². The van der Waals surface area contributed by atoms with Crippen molar-refractivity contribution < 1.29 is 24.1 Å². The van der Waals surface area contributed by atoms with Crippen molar-refractivity contribution in [2.45, 2.75) is 26.1 Å². The zero-order chi connectivity index (χ0) is 22.3. The molecule has 0 spiro atoms. The van der Waals surface area contributed by atoms with Gasteiger partial charge in [0.15, 0.2) is 11.5 Å². The number of para-hydroxylation sites is 1. The van der Waals surface area contributed by atoms with Crippen LogP contribution in [0, 0.1) is 6.92 Å². The highest BCUT2D eigenvalue weighted by molar-refractivity contribution is 5.44. The summed E-state index contributed by atoms with van der Waals surface area (Å²) in [4.78, 5) is 2.20. The number of aryl methyl sites for hydroxylation is 1. The van der Waals surface area contributed by atoms with Gasteiger partial charge >= 0.3 is 0 Å². The van der Waals surface area contributed by atoms with Crippen molar-refractivity contribution >= 4 is 0 Å². The van der Waals surface area contributed by atoms with E-state index in [-0.39, 0.29) is 13.4 Å². The fourth-order valence-corrected chi connectivity index (χ4v) is 3.73. The lowest BCUT2D eigenvalue weighted by atomic mass is 10.1. The molecule has 6 nitrogen and oxygen atoms in total. The largest absolute Gasteiger partial charge is 0.497 e. The summed E-state index contributed by atoms with van der Waals surface area (Å²) in [6, 6.07) is 21.8. The molecule has 1 N–H and O–H groups in total. The maximum atomic E-state index is 10.7. The number of benzene rings is 3. The van der Waals surface area contributed by atoms with E-state index in [1.807, 2.05) is 73.7 Å². The van der Waals surface area contributed by atoms with Crippen LogP contribution >= 0.6 is 0 Å². The van der Waals surface area contributed by atoms with Crippen LogP contribution in [0.25, 0.3) is 0 Å². The molecule has 168 valence electrons. The van der Waals surface area contributed by atoms with Crippen LogP contribution in [-0.4, -0.2) is 43.2 Å². The number of hydrogen-bond acceptors (Lipinski definition) is 6. The molecule has 1 heterocycles. The number of hydrogen-bond donors (Lipinski definition) is 1. The van der Waals surface area contributed by atoms with Gasteiger partial charge in [0, 0.05) is 19.6 Å². The predicted molar refractivity (Wildman–Crippen MR) is 122 cm³/mol. The third kappa shape index (κ3) is 5.72. The number of aliphatic hydroxyl groups is 1. The van der Waals surface area contributed by atoms with E-state index in [1.54, 1.807) is 7.11 Å². The van der Waals surface area contributed by atoms with Crippen molar-refractivity contribution in [3.05, 3.63) is 83.4 Å². The topological polar surface area (TPSA) is 60.4 Å². The van der Waals surface area contributed by atoms with Crippen LogP contribution in [0.5, 0.6) is 23.0 Å². The van der Waals surface area contributed by atoms with Gasteiger partial charge in [-0.05, 0) is 53.9 Å². The molecule has 0 radical (unpaired) electrons. The summed E-state index contributed by atoms with van der Waals surface area (Å²) in [5, 5.41) is 10.7. The van der Waals surface area contributed by atoms with E-state index in [2.05, 4.69) is 4.90 Å². The van der Waals surface area contributed by atoms with Crippen LogP contribution in [0.15, 0.2) is 66.7 Å². The van der Waals surface area contributed by atoms with E-state index in [0.29, 0.717) is 19.6 Å². The number of aliphatic hydroxyl groups excluding tert-OH is 1. The fourth-order valence-electron chi connectivity index (χ4n) is 3.73. The van der Waals surface area contributed by atoms with Gasteiger partial charge in [-0.2, -0.15) is 0 Å². The highest BCUT2D eigenvalue weighted by Crippen LogP contribution is 2.33. The highest BCUT2D eigenvalue weighted by Gasteiger charge is 2.17. The van der Waals surface area contributed by atoms with Gasteiger partial charge in [-0.15, -0.1) is 0 Å². The normalized spacial score (nSPS) is 13.2. The Morgan fingerprint density at radius 3 is 2.44 bits per heavy atom. The Hall–Kier alpha value is -3.22. The fraction of sp³-hybridized carbons (Fsp3) is 0.308. The van der Waals surface area contributed by atoms with Crippen molar-refractivity contribution in [1.82, 2.24) is 4.90 Å². The molecule has 3 aromatic rings. The zero-order valence-electron chi connectivity index (χ0n) is 18.5. The molecule has 32 heavy (non-hydrogen) atoms. The van der Waals surface area contributed by atoms with Crippen molar-refractivity contribution in [3.8, 4) is 23.0 Å². The number of ether oxygens (including phenoxy) is 4. The van der Waals surface area contributed by atoms with Gasteiger partial charge in [0.25, 0.3) is 0 Å². The molecular weight excluding hydrogens is 406 g/mol. The summed E-state index contributed by atoms with van der Waals surface area (Å²) in [5.74, 6) is 3.14. The lowest BCUT2D eigenvalue weighted by Gasteiger charge is -2.26. The summed E-state index contributed by atoms with van der Waals surface area (Å²) >= 11 is 0. The molecule has 0 aliphatic carbocycles. The number of nitrogens with zero attached hydrogens (tertiary/aromatic N) is 1. The lowest BCUT2D eigenvalue weighted by Crippen LogP contribution is -2.35. The zero-order valence-corrected chi connectivity index (χ0v) is 18.5. The van der Waals surface area contributed by atoms with Crippen LogP contribution < -0.4 is 18.9 Å². The van der Waals surface area contributed by atoms with Crippen molar-refractivity contribution in [3.63, 3.8) is 0 Å². The van der Waals surface area contributed by atoms with Gasteiger partial charge < -0.3 is 24.1 Å². The molecule has 1 aliphatic rings. The Kier molecular flexibility index (Phi) is 7.14. The Morgan fingerprint density at radius 1 is 0.938 bits per heavy atom. The van der Waals surface area contributed by atoms with Crippen molar-refractivity contribution in [1.29, 1.82) is 0 Å². The maximum Gasteiger partial charge on any atom is 0.231 e. The number of rotatable bonds is 10. The molecule has 4 rings (SSSR count). The van der Waals surface area contributed by atoms with E-state index < -0.39 is 6.10 Å². The third-order valence-electron chi connectivity index (χ3n) is 5.40. The molecule has 0 saturated carbocycles. The molecule has 1 aliphatic heterocycles. The van der Waals surface area contributed by atoms with E-state index >= 15 is 0 Å². The minimum atomic E-state index is -0.637. The first-order valence-corrected chi connectivity index (χ1v) is 10.7. The van der Waals surface area contributed by atoms with Crippen LogP contribution in [0.1, 0.15) is 16.7 Å². The van der Waals surface area contributed by atoms with Gasteiger partial charge in [-0.3, -0.25) is 4.90 Å². The van der Waals surface area contributed by atoms with Gasteiger partial charge in [0.2, 0.25) is 6.79 Å². The summed E-state index contributed by atoms with van der Waals surface area (Å²) in [6.45, 7) is 4.28. The third-order valence-corrected chi connectivity index (χ3v) is 5.40. The second kappa shape index (κ2) is 10.4. The first-order valence-electron chi connectivity index (χ1n) is 10.7. The first kappa shape index (κ1) is 22.0. The highest BCUT2D eigenvalue weighted by atomic mass is 16.7. The van der Waals surface area contributed by atoms with E-state index in [1.165, 1.54) is 0 Å². The summed E-state index contributed by atoms with van der Waals surface area (Å²) < 4.78 is 22.1. The number of methoxy groups -OCH3 is 1. The quantitative estimate of drug-likeness (QED) is 0.516. The second-order valence-electron chi connectivity index (χ2n) is 7.94. The second-order valence-corrected chi connectivity index (χ2v) is 7.94. The molecule has 0 saturated heterocycles. The Bertz CT molecular complexity index is 1020. The predicted octanol–water partition coefficient (Wildman–Crippen LogP) is 4.17. The van der Waals surface area contributed by atoms with E-state index in [0.717, 1.165) is 39.7 Å². The first-order chi connectivity index (χ1) is 15.6. The molecule has 0 fully saturated rings. The molecule has 6 heteroatoms. The molecule has 0 aromatic heterocycles. The average molecular weight is 436 g/mol. The SMILES string of the molecule is COc1ccc(CN(Cc2ccc3c(c2)OCO3)CC(O)COc2ccccc2C)cc1. The van der Waals surface area contributed by atoms with Gasteiger partial charge in [-0.25, -0.2) is 0 Å². The molecule has 1 atom stereocenters. The molecule has 0 amide bonds. The van der Waals surface area contributed by atoms with E-state index in [4.69, 9.17) is 18.9 Å². The minimum absolute atomic E-state index is 0.227. The summed E-state index contributed by atoms with van der Waals surface area (Å²) in [7, 11) is 1.66. The van der Waals surface area contributed by atoms with Crippen LogP contribution in [0.3, 0.4) is 0 Å². The Balaban J connectivity index is 1.43. The van der Waals surface area contributed by atoms with Crippen molar-refractivity contribution in [2.75, 3.05) is 27.1 Å². The van der Waals surface area contributed by atoms with E-state index in [9.17, 15) is 5.11 Å². The minimum Gasteiger partial charge on any atom is -0.497 e. The standard InChI is InChI=1S/C26H29NO5/c1-19-5-3-4-6-24(19)30-17-22(28)16-27(14-20-7-10-23(29-2)11-8-20)15-21-9-12-25-26(13-21)32-18-31-25/h3-13,22,28H,14-18H2,1-2H3. The van der Waals surface area contributed by atoms with Crippen LogP contribution in [-0.2, 0) is 13.1 Å². The summed E-state index contributed by atoms with van der Waals surface area (Å²) in [5.41, 5.74) is 3.28. The molecule has 3 aromatic carbocycles. The van der Waals surface area contributed by atoms with Crippen molar-refractivity contribution in [2.24, 2.45) is 0 Å².